The molecule has 7 nitrogen and oxygen atoms in total. The van der Waals surface area contributed by atoms with Crippen LogP contribution in [0.5, 0.6) is 5.75 Å². The molecule has 126 valence electrons. The van der Waals surface area contributed by atoms with Crippen LogP contribution in [0.4, 0.5) is 11.4 Å². The third-order valence-electron chi connectivity index (χ3n) is 3.91. The third-order valence-corrected chi connectivity index (χ3v) is 3.91. The SMILES string of the molecule is O=C(O)c1nc2ccccc2c(O)c1/N=N/c1cccc2cccnc12. The number of benzene rings is 2. The number of aromatic hydroxyl groups is 1. The molecule has 0 amide bonds. The number of carbonyl (C=O) groups is 1. The highest BCUT2D eigenvalue weighted by Gasteiger charge is 2.19. The van der Waals surface area contributed by atoms with E-state index < -0.39 is 5.97 Å². The largest absolute Gasteiger partial charge is 0.505 e. The Morgan fingerprint density at radius 1 is 0.962 bits per heavy atom. The fraction of sp³-hybridized carbons (Fsp3) is 0. The number of para-hydroxylation sites is 2. The molecule has 0 aliphatic heterocycles. The maximum absolute atomic E-state index is 11.6. The summed E-state index contributed by atoms with van der Waals surface area (Å²) in [4.78, 5) is 19.9. The molecule has 0 unspecified atom stereocenters. The number of carboxylic acids is 1. The van der Waals surface area contributed by atoms with Gasteiger partial charge in [0.2, 0.25) is 0 Å². The van der Waals surface area contributed by atoms with Crippen molar-refractivity contribution in [2.75, 3.05) is 0 Å². The second kappa shape index (κ2) is 6.21. The number of rotatable bonds is 3. The van der Waals surface area contributed by atoms with Gasteiger partial charge in [-0.15, -0.1) is 10.2 Å². The molecule has 0 saturated heterocycles. The van der Waals surface area contributed by atoms with Crippen molar-refractivity contribution in [3.05, 3.63) is 66.5 Å². The summed E-state index contributed by atoms with van der Waals surface area (Å²) in [7, 11) is 0. The van der Waals surface area contributed by atoms with Gasteiger partial charge in [-0.25, -0.2) is 9.78 Å². The lowest BCUT2D eigenvalue weighted by atomic mass is 10.1. The van der Waals surface area contributed by atoms with Crippen molar-refractivity contribution < 1.29 is 15.0 Å². The highest BCUT2D eigenvalue weighted by molar-refractivity contribution is 6.00. The Hall–Kier alpha value is -3.87. The van der Waals surface area contributed by atoms with Crippen LogP contribution < -0.4 is 0 Å². The van der Waals surface area contributed by atoms with Crippen LogP contribution in [-0.2, 0) is 0 Å². The average Bonchev–Trinajstić information content (AvgIpc) is 2.67. The first kappa shape index (κ1) is 15.6. The monoisotopic (exact) mass is 344 g/mol. The smallest absolute Gasteiger partial charge is 0.357 e. The average molecular weight is 344 g/mol. The zero-order valence-corrected chi connectivity index (χ0v) is 13.4. The Balaban J connectivity index is 1.91. The van der Waals surface area contributed by atoms with E-state index in [4.69, 9.17) is 0 Å². The first-order chi connectivity index (χ1) is 12.6. The van der Waals surface area contributed by atoms with Crippen LogP contribution in [0.3, 0.4) is 0 Å². The van der Waals surface area contributed by atoms with Crippen LogP contribution in [0.15, 0.2) is 71.0 Å². The standard InChI is InChI=1S/C19H12N4O3/c24-18-12-7-1-2-8-13(12)21-17(19(25)26)16(18)23-22-14-9-3-5-11-6-4-10-20-15(11)14/h1-10H,(H,21,24)(H,25,26)/b23-22+. The van der Waals surface area contributed by atoms with E-state index in [1.807, 2.05) is 18.2 Å². The quantitative estimate of drug-likeness (QED) is 0.528. The number of aromatic carboxylic acids is 1. The minimum atomic E-state index is -1.30. The topological polar surface area (TPSA) is 108 Å². The molecule has 0 bridgehead atoms. The number of carboxylic acid groups (broad SMARTS) is 1. The predicted octanol–water partition coefficient (Wildman–Crippen LogP) is 4.60. The molecule has 26 heavy (non-hydrogen) atoms. The zero-order chi connectivity index (χ0) is 18.1. The number of azo groups is 1. The highest BCUT2D eigenvalue weighted by Crippen LogP contribution is 2.37. The van der Waals surface area contributed by atoms with Crippen molar-refractivity contribution in [3.8, 4) is 5.75 Å². The number of fused-ring (bicyclic) bond motifs is 2. The molecular weight excluding hydrogens is 332 g/mol. The number of aromatic nitrogens is 2. The van der Waals surface area contributed by atoms with Gasteiger partial charge < -0.3 is 10.2 Å². The van der Waals surface area contributed by atoms with Crippen molar-refractivity contribution in [1.29, 1.82) is 0 Å². The van der Waals surface area contributed by atoms with Crippen molar-refractivity contribution in [2.24, 2.45) is 10.2 Å². The van der Waals surface area contributed by atoms with Gasteiger partial charge in [-0.3, -0.25) is 4.98 Å². The lowest BCUT2D eigenvalue weighted by molar-refractivity contribution is 0.0691. The van der Waals surface area contributed by atoms with Crippen LogP contribution in [0.2, 0.25) is 0 Å². The number of nitrogens with zero attached hydrogens (tertiary/aromatic N) is 4. The molecule has 0 atom stereocenters. The molecular formula is C19H12N4O3. The molecule has 2 N–H and O–H groups in total. The lowest BCUT2D eigenvalue weighted by Crippen LogP contribution is -2.01. The first-order valence-electron chi connectivity index (χ1n) is 7.75. The van der Waals surface area contributed by atoms with Crippen molar-refractivity contribution >= 4 is 39.1 Å². The van der Waals surface area contributed by atoms with Crippen molar-refractivity contribution in [3.63, 3.8) is 0 Å². The zero-order valence-electron chi connectivity index (χ0n) is 13.4. The van der Waals surface area contributed by atoms with Crippen LogP contribution in [0.1, 0.15) is 10.5 Å². The van der Waals surface area contributed by atoms with E-state index in [9.17, 15) is 15.0 Å². The van der Waals surface area contributed by atoms with Crippen molar-refractivity contribution in [1.82, 2.24) is 9.97 Å². The molecule has 0 radical (unpaired) electrons. The molecule has 0 aliphatic carbocycles. The fourth-order valence-electron chi connectivity index (χ4n) is 2.70. The van der Waals surface area contributed by atoms with E-state index in [2.05, 4.69) is 20.2 Å². The maximum atomic E-state index is 11.6. The maximum Gasteiger partial charge on any atom is 0.357 e. The third kappa shape index (κ3) is 2.61. The van der Waals surface area contributed by atoms with Crippen molar-refractivity contribution in [2.45, 2.75) is 0 Å². The second-order valence-electron chi connectivity index (χ2n) is 5.53. The van der Waals surface area contributed by atoms with E-state index >= 15 is 0 Å². The van der Waals surface area contributed by atoms with Gasteiger partial charge in [-0.05, 0) is 24.3 Å². The van der Waals surface area contributed by atoms with Gasteiger partial charge in [-0.1, -0.05) is 30.3 Å². The summed E-state index contributed by atoms with van der Waals surface area (Å²) < 4.78 is 0. The Kier molecular flexibility index (Phi) is 3.74. The van der Waals surface area contributed by atoms with Gasteiger partial charge in [0, 0.05) is 17.0 Å². The fourth-order valence-corrected chi connectivity index (χ4v) is 2.70. The van der Waals surface area contributed by atoms with Crippen LogP contribution >= 0.6 is 0 Å². The van der Waals surface area contributed by atoms with E-state index in [1.54, 1.807) is 42.6 Å². The van der Waals surface area contributed by atoms with E-state index in [1.165, 1.54) is 0 Å². The second-order valence-corrected chi connectivity index (χ2v) is 5.53. The normalized spacial score (nSPS) is 11.4. The van der Waals surface area contributed by atoms with Gasteiger partial charge in [0.05, 0.1) is 11.0 Å². The molecule has 7 heteroatoms. The predicted molar refractivity (Wildman–Crippen MR) is 96.3 cm³/mol. The summed E-state index contributed by atoms with van der Waals surface area (Å²) in [5, 5.41) is 29.3. The molecule has 2 aromatic heterocycles. The summed E-state index contributed by atoms with van der Waals surface area (Å²) in [6.07, 6.45) is 1.64. The Labute approximate surface area is 147 Å². The van der Waals surface area contributed by atoms with Gasteiger partial charge >= 0.3 is 5.97 Å². The number of hydrogen-bond acceptors (Lipinski definition) is 6. The van der Waals surface area contributed by atoms with E-state index in [0.29, 0.717) is 22.1 Å². The van der Waals surface area contributed by atoms with Gasteiger partial charge in [0.1, 0.15) is 5.69 Å². The molecule has 0 spiro atoms. The Bertz CT molecular complexity index is 1180. The minimum absolute atomic E-state index is 0.191. The van der Waals surface area contributed by atoms with Gasteiger partial charge in [0.25, 0.3) is 0 Å². The number of hydrogen-bond donors (Lipinski definition) is 2. The van der Waals surface area contributed by atoms with Crippen LogP contribution in [0.25, 0.3) is 21.8 Å². The van der Waals surface area contributed by atoms with Gasteiger partial charge in [0.15, 0.2) is 17.1 Å². The highest BCUT2D eigenvalue weighted by atomic mass is 16.4. The van der Waals surface area contributed by atoms with Crippen LogP contribution in [-0.4, -0.2) is 26.2 Å². The van der Waals surface area contributed by atoms with E-state index in [-0.39, 0.29) is 17.1 Å². The van der Waals surface area contributed by atoms with Crippen LogP contribution in [0, 0.1) is 0 Å². The molecule has 4 rings (SSSR count). The lowest BCUT2D eigenvalue weighted by Gasteiger charge is -2.06. The van der Waals surface area contributed by atoms with Gasteiger partial charge in [-0.2, -0.15) is 0 Å². The minimum Gasteiger partial charge on any atom is -0.505 e. The molecule has 2 aromatic carbocycles. The first-order valence-corrected chi connectivity index (χ1v) is 7.75. The summed E-state index contributed by atoms with van der Waals surface area (Å²) >= 11 is 0. The Morgan fingerprint density at radius 2 is 1.77 bits per heavy atom. The number of pyridine rings is 2. The summed E-state index contributed by atoms with van der Waals surface area (Å²) in [6.45, 7) is 0. The molecule has 0 aliphatic rings. The summed E-state index contributed by atoms with van der Waals surface area (Å²) in [6, 6.07) is 15.8. The summed E-state index contributed by atoms with van der Waals surface area (Å²) in [5.74, 6) is -1.57. The summed E-state index contributed by atoms with van der Waals surface area (Å²) in [5.41, 5.74) is 0.909. The Morgan fingerprint density at radius 3 is 2.62 bits per heavy atom. The van der Waals surface area contributed by atoms with E-state index in [0.717, 1.165) is 5.39 Å². The molecule has 2 heterocycles. The molecule has 4 aromatic rings. The molecule has 0 fully saturated rings. The molecule has 0 saturated carbocycles.